The van der Waals surface area contributed by atoms with Crippen molar-refractivity contribution in [1.82, 2.24) is 0 Å². The van der Waals surface area contributed by atoms with Crippen LogP contribution in [0.2, 0.25) is 0 Å². The molecule has 1 heterocycles. The number of alkyl halides is 1. The van der Waals surface area contributed by atoms with Crippen LogP contribution in [0, 0.1) is 11.3 Å². The van der Waals surface area contributed by atoms with E-state index in [0.29, 0.717) is 11.3 Å². The van der Waals surface area contributed by atoms with Gasteiger partial charge in [0, 0.05) is 4.70 Å². The van der Waals surface area contributed by atoms with Crippen LogP contribution in [0.5, 0.6) is 0 Å². The molecule has 0 N–H and O–H groups in total. The highest BCUT2D eigenvalue weighted by molar-refractivity contribution is 7.17. The molecule has 0 aliphatic rings. The van der Waals surface area contributed by atoms with E-state index in [-0.39, 0.29) is 5.38 Å². The summed E-state index contributed by atoms with van der Waals surface area (Å²) in [4.78, 5) is 0. The van der Waals surface area contributed by atoms with Crippen LogP contribution in [0.25, 0.3) is 10.1 Å². The number of hydrogen-bond acceptors (Lipinski definition) is 1. The molecule has 0 saturated heterocycles. The third-order valence-corrected chi connectivity index (χ3v) is 5.28. The third-order valence-electron chi connectivity index (χ3n) is 3.89. The van der Waals surface area contributed by atoms with Gasteiger partial charge in [-0.15, -0.1) is 22.9 Å². The van der Waals surface area contributed by atoms with Crippen LogP contribution in [0.3, 0.4) is 0 Å². The lowest BCUT2D eigenvalue weighted by molar-refractivity contribution is 0.245. The molecule has 0 radical (unpaired) electrons. The quantitative estimate of drug-likeness (QED) is 0.583. The fourth-order valence-electron chi connectivity index (χ4n) is 2.03. The van der Waals surface area contributed by atoms with Crippen molar-refractivity contribution < 1.29 is 0 Å². The van der Waals surface area contributed by atoms with Crippen molar-refractivity contribution >= 4 is 33.0 Å². The molecule has 18 heavy (non-hydrogen) atoms. The Hall–Kier alpha value is -0.530. The van der Waals surface area contributed by atoms with E-state index in [4.69, 9.17) is 11.6 Å². The Kier molecular flexibility index (Phi) is 4.03. The molecule has 2 rings (SSSR count). The maximum Gasteiger partial charge on any atom is 0.0602 e. The molecule has 2 heteroatoms. The van der Waals surface area contributed by atoms with Crippen molar-refractivity contribution in [1.29, 1.82) is 0 Å². The van der Waals surface area contributed by atoms with E-state index in [1.54, 1.807) is 11.3 Å². The predicted molar refractivity (Wildman–Crippen MR) is 83.7 cm³/mol. The smallest absolute Gasteiger partial charge is 0.0602 e. The Bertz CT molecular complexity index is 521. The summed E-state index contributed by atoms with van der Waals surface area (Å²) in [5, 5.41) is 3.66. The molecule has 0 spiro atoms. The maximum absolute atomic E-state index is 6.63. The number of hydrogen-bond donors (Lipinski definition) is 0. The van der Waals surface area contributed by atoms with Gasteiger partial charge in [-0.2, -0.15) is 0 Å². The molecular weight excluding hydrogens is 260 g/mol. The Balaban J connectivity index is 2.21. The molecule has 0 fully saturated rings. The van der Waals surface area contributed by atoms with Crippen molar-refractivity contribution in [3.05, 3.63) is 35.2 Å². The van der Waals surface area contributed by atoms with Crippen LogP contribution in [0.1, 0.15) is 45.1 Å². The van der Waals surface area contributed by atoms with Crippen LogP contribution in [0.4, 0.5) is 0 Å². The van der Waals surface area contributed by atoms with Crippen molar-refractivity contribution in [2.75, 3.05) is 0 Å². The van der Waals surface area contributed by atoms with E-state index in [2.05, 4.69) is 57.3 Å². The number of rotatable bonds is 3. The maximum atomic E-state index is 6.63. The normalized spacial score (nSPS) is 15.8. The van der Waals surface area contributed by atoms with E-state index in [9.17, 15) is 0 Å². The molecule has 1 aromatic carbocycles. The number of halogens is 1. The van der Waals surface area contributed by atoms with Gasteiger partial charge in [0.2, 0.25) is 0 Å². The van der Waals surface area contributed by atoms with Gasteiger partial charge in [0.1, 0.15) is 0 Å². The molecule has 0 aliphatic carbocycles. The van der Waals surface area contributed by atoms with Gasteiger partial charge in [-0.1, -0.05) is 45.9 Å². The van der Waals surface area contributed by atoms with E-state index >= 15 is 0 Å². The van der Waals surface area contributed by atoms with Gasteiger partial charge >= 0.3 is 0 Å². The summed E-state index contributed by atoms with van der Waals surface area (Å²) >= 11 is 8.43. The summed E-state index contributed by atoms with van der Waals surface area (Å²) < 4.78 is 1.33. The lowest BCUT2D eigenvalue weighted by atomic mass is 9.79. The van der Waals surface area contributed by atoms with Crippen LogP contribution in [0.15, 0.2) is 29.6 Å². The highest BCUT2D eigenvalue weighted by Gasteiger charge is 2.24. The summed E-state index contributed by atoms with van der Waals surface area (Å²) in [6.45, 7) is 9.15. The fourth-order valence-corrected chi connectivity index (χ4v) is 3.57. The molecule has 0 amide bonds. The first-order valence-electron chi connectivity index (χ1n) is 6.50. The fraction of sp³-hybridized carbons (Fsp3) is 0.500. The summed E-state index contributed by atoms with van der Waals surface area (Å²) in [6.07, 6.45) is 1.03. The van der Waals surface area contributed by atoms with Crippen LogP contribution >= 0.6 is 22.9 Å². The zero-order chi connectivity index (χ0) is 13.3. The Morgan fingerprint density at radius 1 is 1.22 bits per heavy atom. The zero-order valence-corrected chi connectivity index (χ0v) is 13.1. The molecule has 0 saturated carbocycles. The van der Waals surface area contributed by atoms with Crippen molar-refractivity contribution in [2.24, 2.45) is 11.3 Å². The summed E-state index contributed by atoms with van der Waals surface area (Å²) in [7, 11) is 0. The summed E-state index contributed by atoms with van der Waals surface area (Å²) in [5.74, 6) is 0.610. The SMILES string of the molecule is CC(CC(Cl)c1csc2ccccc12)C(C)(C)C. The number of fused-ring (bicyclic) bond motifs is 1. The number of thiophene rings is 1. The average molecular weight is 281 g/mol. The Morgan fingerprint density at radius 3 is 2.56 bits per heavy atom. The number of benzene rings is 1. The van der Waals surface area contributed by atoms with Gasteiger partial charge in [0.15, 0.2) is 0 Å². The molecule has 0 nitrogen and oxygen atoms in total. The summed E-state index contributed by atoms with van der Waals surface area (Å²) in [6, 6.07) is 8.53. The van der Waals surface area contributed by atoms with Gasteiger partial charge in [-0.3, -0.25) is 0 Å². The molecule has 0 bridgehead atoms. The lowest BCUT2D eigenvalue weighted by Crippen LogP contribution is -2.18. The van der Waals surface area contributed by atoms with Crippen molar-refractivity contribution in [3.63, 3.8) is 0 Å². The van der Waals surface area contributed by atoms with Crippen LogP contribution < -0.4 is 0 Å². The van der Waals surface area contributed by atoms with Gasteiger partial charge in [-0.05, 0) is 40.1 Å². The minimum absolute atomic E-state index is 0.121. The largest absolute Gasteiger partial charge is 0.143 e. The monoisotopic (exact) mass is 280 g/mol. The highest BCUT2D eigenvalue weighted by Crippen LogP contribution is 2.40. The molecule has 1 aromatic heterocycles. The Morgan fingerprint density at radius 2 is 1.89 bits per heavy atom. The molecule has 98 valence electrons. The first-order valence-corrected chi connectivity index (χ1v) is 7.81. The minimum Gasteiger partial charge on any atom is -0.143 e. The Labute approximate surface area is 119 Å². The van der Waals surface area contributed by atoms with Crippen molar-refractivity contribution in [3.8, 4) is 0 Å². The second kappa shape index (κ2) is 5.22. The van der Waals surface area contributed by atoms with E-state index in [0.717, 1.165) is 6.42 Å². The van der Waals surface area contributed by atoms with E-state index in [1.807, 2.05) is 0 Å². The average Bonchev–Trinajstić information content (AvgIpc) is 2.71. The molecular formula is C16H21ClS. The molecule has 2 aromatic rings. The lowest BCUT2D eigenvalue weighted by Gasteiger charge is -2.28. The first-order chi connectivity index (χ1) is 8.39. The summed E-state index contributed by atoms with van der Waals surface area (Å²) in [5.41, 5.74) is 1.62. The highest BCUT2D eigenvalue weighted by atomic mass is 35.5. The second-order valence-corrected chi connectivity index (χ2v) is 7.60. The minimum atomic E-state index is 0.121. The van der Waals surface area contributed by atoms with Gasteiger partial charge < -0.3 is 0 Å². The van der Waals surface area contributed by atoms with Gasteiger partial charge in [0.25, 0.3) is 0 Å². The van der Waals surface area contributed by atoms with Crippen molar-refractivity contribution in [2.45, 2.75) is 39.5 Å². The van der Waals surface area contributed by atoms with E-state index < -0.39 is 0 Å². The first kappa shape index (κ1) is 13.9. The molecule has 2 unspecified atom stereocenters. The van der Waals surface area contributed by atoms with Crippen LogP contribution in [-0.2, 0) is 0 Å². The van der Waals surface area contributed by atoms with Gasteiger partial charge in [0.05, 0.1) is 5.38 Å². The predicted octanol–water partition coefficient (Wildman–Crippen LogP) is 6.25. The topological polar surface area (TPSA) is 0 Å². The second-order valence-electron chi connectivity index (χ2n) is 6.16. The van der Waals surface area contributed by atoms with E-state index in [1.165, 1.54) is 15.6 Å². The third kappa shape index (κ3) is 2.89. The standard InChI is InChI=1S/C16H21ClS/c1-11(16(2,3)4)9-14(17)13-10-18-15-8-6-5-7-12(13)15/h5-8,10-11,14H,9H2,1-4H3. The van der Waals surface area contributed by atoms with Gasteiger partial charge in [-0.25, -0.2) is 0 Å². The zero-order valence-electron chi connectivity index (χ0n) is 11.5. The molecule has 2 atom stereocenters. The van der Waals surface area contributed by atoms with Crippen LogP contribution in [-0.4, -0.2) is 0 Å². The molecule has 0 aliphatic heterocycles.